The Morgan fingerprint density at radius 2 is 1.82 bits per heavy atom. The Hall–Kier alpha value is -4.00. The van der Waals surface area contributed by atoms with Crippen LogP contribution in [0.1, 0.15) is 17.3 Å². The monoisotopic (exact) mass is 372 g/mol. The SMILES string of the molecule is CC(=O)Nc1c(C(=O)O)ccc(-c2ccnc3ccccc23)c1-n1cccn1. The van der Waals surface area contributed by atoms with Crippen molar-refractivity contribution in [3.05, 3.63) is 72.7 Å². The number of aromatic carboxylic acids is 1. The number of para-hydroxylation sites is 1. The zero-order valence-electron chi connectivity index (χ0n) is 15.0. The van der Waals surface area contributed by atoms with Crippen molar-refractivity contribution in [2.45, 2.75) is 6.92 Å². The average Bonchev–Trinajstić information content (AvgIpc) is 3.21. The van der Waals surface area contributed by atoms with Gasteiger partial charge in [-0.25, -0.2) is 9.48 Å². The summed E-state index contributed by atoms with van der Waals surface area (Å²) in [5.74, 6) is -1.50. The van der Waals surface area contributed by atoms with Crippen molar-refractivity contribution in [2.75, 3.05) is 5.32 Å². The smallest absolute Gasteiger partial charge is 0.337 e. The number of rotatable bonds is 4. The second-order valence-corrected chi connectivity index (χ2v) is 6.20. The number of amides is 1. The zero-order chi connectivity index (χ0) is 19.7. The van der Waals surface area contributed by atoms with E-state index >= 15 is 0 Å². The molecule has 0 unspecified atom stereocenters. The van der Waals surface area contributed by atoms with E-state index < -0.39 is 5.97 Å². The van der Waals surface area contributed by atoms with Crippen LogP contribution in [0.2, 0.25) is 0 Å². The molecule has 2 N–H and O–H groups in total. The molecule has 0 saturated heterocycles. The van der Waals surface area contributed by atoms with Crippen molar-refractivity contribution in [3.63, 3.8) is 0 Å². The molecule has 2 aromatic carbocycles. The molecule has 0 bridgehead atoms. The predicted molar refractivity (Wildman–Crippen MR) is 106 cm³/mol. The number of fused-ring (bicyclic) bond motifs is 1. The molecule has 0 atom stereocenters. The summed E-state index contributed by atoms with van der Waals surface area (Å²) in [5, 5.41) is 17.5. The number of nitrogens with one attached hydrogen (secondary N) is 1. The van der Waals surface area contributed by atoms with Crippen LogP contribution < -0.4 is 5.32 Å². The second-order valence-electron chi connectivity index (χ2n) is 6.20. The third-order valence-electron chi connectivity index (χ3n) is 4.38. The van der Waals surface area contributed by atoms with Gasteiger partial charge in [0.05, 0.1) is 22.5 Å². The average molecular weight is 372 g/mol. The molecular formula is C21H16N4O3. The van der Waals surface area contributed by atoms with Gasteiger partial charge in [-0.3, -0.25) is 9.78 Å². The van der Waals surface area contributed by atoms with Gasteiger partial charge in [0.15, 0.2) is 0 Å². The van der Waals surface area contributed by atoms with E-state index in [1.54, 1.807) is 35.4 Å². The molecule has 0 fully saturated rings. The van der Waals surface area contributed by atoms with E-state index in [-0.39, 0.29) is 17.2 Å². The summed E-state index contributed by atoms with van der Waals surface area (Å²) in [5.41, 5.74) is 3.08. The highest BCUT2D eigenvalue weighted by molar-refractivity contribution is 6.07. The highest BCUT2D eigenvalue weighted by Crippen LogP contribution is 2.37. The van der Waals surface area contributed by atoms with Gasteiger partial charge in [0.25, 0.3) is 0 Å². The first-order chi connectivity index (χ1) is 13.6. The van der Waals surface area contributed by atoms with Crippen molar-refractivity contribution in [1.29, 1.82) is 0 Å². The summed E-state index contributed by atoms with van der Waals surface area (Å²) in [6, 6.07) is 14.5. The lowest BCUT2D eigenvalue weighted by molar-refractivity contribution is -0.114. The molecule has 4 rings (SSSR count). The molecular weight excluding hydrogens is 356 g/mol. The molecule has 138 valence electrons. The Bertz CT molecular complexity index is 1190. The van der Waals surface area contributed by atoms with Gasteiger partial charge in [-0.15, -0.1) is 0 Å². The number of anilines is 1. The minimum absolute atomic E-state index is 0.0113. The number of hydrogen-bond acceptors (Lipinski definition) is 4. The van der Waals surface area contributed by atoms with Gasteiger partial charge in [0.1, 0.15) is 0 Å². The van der Waals surface area contributed by atoms with E-state index in [0.29, 0.717) is 5.69 Å². The topological polar surface area (TPSA) is 97.1 Å². The van der Waals surface area contributed by atoms with Crippen LogP contribution in [0.3, 0.4) is 0 Å². The van der Waals surface area contributed by atoms with Gasteiger partial charge in [-0.05, 0) is 29.8 Å². The number of aromatic nitrogens is 3. The number of pyridine rings is 1. The lowest BCUT2D eigenvalue weighted by atomic mass is 9.96. The van der Waals surface area contributed by atoms with E-state index in [4.69, 9.17) is 0 Å². The molecule has 28 heavy (non-hydrogen) atoms. The highest BCUT2D eigenvalue weighted by atomic mass is 16.4. The summed E-state index contributed by atoms with van der Waals surface area (Å²) in [6.07, 6.45) is 5.01. The Kier molecular flexibility index (Phi) is 4.33. The minimum atomic E-state index is -1.14. The fraction of sp³-hybridized carbons (Fsp3) is 0.0476. The molecule has 2 aromatic heterocycles. The van der Waals surface area contributed by atoms with E-state index in [2.05, 4.69) is 15.4 Å². The van der Waals surface area contributed by atoms with Crippen LogP contribution in [0.4, 0.5) is 5.69 Å². The summed E-state index contributed by atoms with van der Waals surface area (Å²) < 4.78 is 1.56. The minimum Gasteiger partial charge on any atom is -0.478 e. The summed E-state index contributed by atoms with van der Waals surface area (Å²) in [7, 11) is 0. The maximum absolute atomic E-state index is 11.8. The third-order valence-corrected chi connectivity index (χ3v) is 4.38. The largest absolute Gasteiger partial charge is 0.478 e. The fourth-order valence-corrected chi connectivity index (χ4v) is 3.26. The number of nitrogens with zero attached hydrogens (tertiary/aromatic N) is 3. The van der Waals surface area contributed by atoms with E-state index in [9.17, 15) is 14.7 Å². The highest BCUT2D eigenvalue weighted by Gasteiger charge is 2.22. The van der Waals surface area contributed by atoms with Gasteiger partial charge < -0.3 is 10.4 Å². The van der Waals surface area contributed by atoms with Gasteiger partial charge in [0.2, 0.25) is 5.91 Å². The van der Waals surface area contributed by atoms with Crippen molar-refractivity contribution in [3.8, 4) is 16.8 Å². The molecule has 7 nitrogen and oxygen atoms in total. The van der Waals surface area contributed by atoms with Gasteiger partial charge in [-0.2, -0.15) is 5.10 Å². The summed E-state index contributed by atoms with van der Waals surface area (Å²) in [6.45, 7) is 1.34. The Morgan fingerprint density at radius 3 is 2.54 bits per heavy atom. The number of carboxylic acid groups (broad SMARTS) is 1. The van der Waals surface area contributed by atoms with Crippen molar-refractivity contribution >= 4 is 28.5 Å². The van der Waals surface area contributed by atoms with Crippen LogP contribution in [0, 0.1) is 0 Å². The standard InChI is InChI=1S/C21H16N4O3/c1-13(26)24-19-17(21(27)28)8-7-16(20(19)25-12-4-10-23-25)14-9-11-22-18-6-3-2-5-15(14)18/h2-12H,1H3,(H,24,26)(H,27,28). The molecule has 0 spiro atoms. The van der Waals surface area contributed by atoms with E-state index in [1.165, 1.54) is 13.0 Å². The molecule has 2 heterocycles. The lowest BCUT2D eigenvalue weighted by Crippen LogP contribution is -2.15. The molecule has 4 aromatic rings. The molecule has 0 saturated carbocycles. The molecule has 7 heteroatoms. The molecule has 0 aliphatic rings. The number of carbonyl (C=O) groups excluding carboxylic acids is 1. The summed E-state index contributed by atoms with van der Waals surface area (Å²) in [4.78, 5) is 28.0. The van der Waals surface area contributed by atoms with Crippen LogP contribution in [0.5, 0.6) is 0 Å². The third kappa shape index (κ3) is 2.99. The Balaban J connectivity index is 2.10. The maximum Gasteiger partial charge on any atom is 0.337 e. The quantitative estimate of drug-likeness (QED) is 0.569. The first-order valence-electron chi connectivity index (χ1n) is 8.58. The fourth-order valence-electron chi connectivity index (χ4n) is 3.26. The van der Waals surface area contributed by atoms with Crippen LogP contribution >= 0.6 is 0 Å². The van der Waals surface area contributed by atoms with Crippen molar-refractivity contribution in [2.24, 2.45) is 0 Å². The van der Waals surface area contributed by atoms with Gasteiger partial charge in [-0.1, -0.05) is 24.3 Å². The second kappa shape index (κ2) is 6.96. The molecule has 0 aliphatic carbocycles. The van der Waals surface area contributed by atoms with E-state index in [0.717, 1.165) is 22.0 Å². The predicted octanol–water partition coefficient (Wildman–Crippen LogP) is 3.74. The molecule has 1 amide bonds. The van der Waals surface area contributed by atoms with Crippen LogP contribution in [-0.4, -0.2) is 31.7 Å². The first-order valence-corrected chi connectivity index (χ1v) is 8.58. The normalized spacial score (nSPS) is 10.8. The Morgan fingerprint density at radius 1 is 1.00 bits per heavy atom. The number of benzene rings is 2. The molecule has 0 aliphatic heterocycles. The van der Waals surface area contributed by atoms with Crippen LogP contribution in [0.25, 0.3) is 27.7 Å². The first kappa shape index (κ1) is 17.4. The van der Waals surface area contributed by atoms with Crippen molar-refractivity contribution in [1.82, 2.24) is 14.8 Å². The summed E-state index contributed by atoms with van der Waals surface area (Å²) >= 11 is 0. The van der Waals surface area contributed by atoms with Crippen LogP contribution in [0.15, 0.2) is 67.1 Å². The van der Waals surface area contributed by atoms with Gasteiger partial charge >= 0.3 is 5.97 Å². The van der Waals surface area contributed by atoms with Crippen LogP contribution in [-0.2, 0) is 4.79 Å². The van der Waals surface area contributed by atoms with Crippen molar-refractivity contribution < 1.29 is 14.7 Å². The number of hydrogen-bond donors (Lipinski definition) is 2. The van der Waals surface area contributed by atoms with E-state index in [1.807, 2.05) is 30.3 Å². The zero-order valence-corrected chi connectivity index (χ0v) is 15.0. The number of carbonyl (C=O) groups is 2. The molecule has 0 radical (unpaired) electrons. The van der Waals surface area contributed by atoms with Gasteiger partial charge in [0, 0.05) is 36.5 Å². The Labute approximate surface area is 160 Å². The lowest BCUT2D eigenvalue weighted by Gasteiger charge is -2.18. The maximum atomic E-state index is 11.8. The number of carboxylic acids is 1.